The Hall–Kier alpha value is -0.920. The lowest BCUT2D eigenvalue weighted by molar-refractivity contribution is 0.0697. The molecule has 20 heavy (non-hydrogen) atoms. The van der Waals surface area contributed by atoms with Gasteiger partial charge < -0.3 is 5.11 Å². The lowest BCUT2D eigenvalue weighted by Gasteiger charge is -2.25. The van der Waals surface area contributed by atoms with Crippen LogP contribution in [0.25, 0.3) is 0 Å². The van der Waals surface area contributed by atoms with Crippen molar-refractivity contribution in [2.24, 2.45) is 0 Å². The summed E-state index contributed by atoms with van der Waals surface area (Å²) in [6, 6.07) is 1.27. The highest BCUT2D eigenvalue weighted by atomic mass is 32.2. The number of hydrogen-bond donors (Lipinski definition) is 1. The van der Waals surface area contributed by atoms with E-state index < -0.39 is 16.0 Å². The summed E-state index contributed by atoms with van der Waals surface area (Å²) in [6.45, 7) is 0. The summed E-state index contributed by atoms with van der Waals surface area (Å²) in [5.74, 6) is -1.10. The van der Waals surface area contributed by atoms with Crippen molar-refractivity contribution in [2.75, 3.05) is 7.05 Å². The maximum atomic E-state index is 12.5. The van der Waals surface area contributed by atoms with Crippen LogP contribution in [-0.4, -0.2) is 36.9 Å². The van der Waals surface area contributed by atoms with Gasteiger partial charge >= 0.3 is 5.97 Å². The van der Waals surface area contributed by atoms with Gasteiger partial charge in [0.15, 0.2) is 0 Å². The van der Waals surface area contributed by atoms with Crippen molar-refractivity contribution in [3.63, 3.8) is 0 Å². The molecule has 5 nitrogen and oxygen atoms in total. The van der Waals surface area contributed by atoms with Crippen LogP contribution in [0.15, 0.2) is 15.7 Å². The monoisotopic (exact) mass is 317 g/mol. The van der Waals surface area contributed by atoms with Crippen LogP contribution in [-0.2, 0) is 10.0 Å². The average molecular weight is 317 g/mol. The Morgan fingerprint density at radius 3 is 2.40 bits per heavy atom. The number of aromatic carboxylic acids is 1. The first-order chi connectivity index (χ1) is 9.43. The number of carbonyl (C=O) groups is 1. The van der Waals surface area contributed by atoms with E-state index >= 15 is 0 Å². The highest BCUT2D eigenvalue weighted by Crippen LogP contribution is 2.28. The molecule has 2 rings (SSSR count). The zero-order chi connectivity index (χ0) is 14.8. The maximum absolute atomic E-state index is 12.5. The summed E-state index contributed by atoms with van der Waals surface area (Å²) in [5, 5.41) is 10.3. The zero-order valence-electron chi connectivity index (χ0n) is 11.4. The molecule has 0 bridgehead atoms. The van der Waals surface area contributed by atoms with Crippen molar-refractivity contribution in [3.8, 4) is 0 Å². The van der Waals surface area contributed by atoms with E-state index in [2.05, 4.69) is 0 Å². The quantitative estimate of drug-likeness (QED) is 0.867. The molecule has 1 fully saturated rings. The zero-order valence-corrected chi connectivity index (χ0v) is 13.0. The second kappa shape index (κ2) is 6.24. The van der Waals surface area contributed by atoms with E-state index in [4.69, 9.17) is 5.11 Å². The van der Waals surface area contributed by atoms with E-state index in [1.807, 2.05) is 0 Å². The summed E-state index contributed by atoms with van der Waals surface area (Å²) >= 11 is 0.972. The number of carboxylic acid groups (broad SMARTS) is 1. The fraction of sp³-hybridized carbons (Fsp3) is 0.615. The van der Waals surface area contributed by atoms with Crippen molar-refractivity contribution in [2.45, 2.75) is 48.8 Å². The van der Waals surface area contributed by atoms with Crippen LogP contribution in [0.3, 0.4) is 0 Å². The van der Waals surface area contributed by atoms with E-state index in [0.29, 0.717) is 0 Å². The predicted molar refractivity (Wildman–Crippen MR) is 77.7 cm³/mol. The van der Waals surface area contributed by atoms with Crippen LogP contribution < -0.4 is 0 Å². The summed E-state index contributed by atoms with van der Waals surface area (Å²) in [4.78, 5) is 10.9. The second-order valence-electron chi connectivity index (χ2n) is 5.13. The predicted octanol–water partition coefficient (Wildman–Crippen LogP) is 2.79. The molecule has 0 spiro atoms. The Morgan fingerprint density at radius 2 is 1.90 bits per heavy atom. The highest BCUT2D eigenvalue weighted by molar-refractivity contribution is 7.91. The molecule has 0 aliphatic heterocycles. The van der Waals surface area contributed by atoms with E-state index in [9.17, 15) is 13.2 Å². The van der Waals surface area contributed by atoms with Gasteiger partial charge in [-0.2, -0.15) is 4.31 Å². The average Bonchev–Trinajstić information content (AvgIpc) is 2.76. The molecule has 0 saturated heterocycles. The first-order valence-corrected chi connectivity index (χ1v) is 9.05. The van der Waals surface area contributed by atoms with Crippen LogP contribution in [0.1, 0.15) is 48.9 Å². The van der Waals surface area contributed by atoms with Gasteiger partial charge in [-0.1, -0.05) is 25.7 Å². The van der Waals surface area contributed by atoms with Crippen LogP contribution in [0.2, 0.25) is 0 Å². The lowest BCUT2D eigenvalue weighted by atomic mass is 10.1. The molecule has 0 amide bonds. The molecule has 1 aliphatic carbocycles. The second-order valence-corrected chi connectivity index (χ2v) is 8.26. The minimum absolute atomic E-state index is 0.0258. The lowest BCUT2D eigenvalue weighted by Crippen LogP contribution is -2.36. The summed E-state index contributed by atoms with van der Waals surface area (Å²) in [7, 11) is -1.98. The number of nitrogens with zero attached hydrogens (tertiary/aromatic N) is 1. The molecule has 0 aromatic carbocycles. The van der Waals surface area contributed by atoms with Gasteiger partial charge in [-0.15, -0.1) is 11.3 Å². The third kappa shape index (κ3) is 3.21. The molecule has 1 aromatic heterocycles. The first kappa shape index (κ1) is 15.5. The Morgan fingerprint density at radius 1 is 1.30 bits per heavy atom. The Balaban J connectivity index is 2.21. The van der Waals surface area contributed by atoms with Crippen LogP contribution >= 0.6 is 11.3 Å². The van der Waals surface area contributed by atoms with Crippen molar-refractivity contribution < 1.29 is 18.3 Å². The molecule has 1 saturated carbocycles. The molecule has 0 atom stereocenters. The SMILES string of the molecule is CN(C1CCCCCC1)S(=O)(=O)c1cc(C(=O)O)cs1. The van der Waals surface area contributed by atoms with Crippen molar-refractivity contribution in [1.82, 2.24) is 4.31 Å². The van der Waals surface area contributed by atoms with E-state index in [1.54, 1.807) is 7.05 Å². The molecule has 1 N–H and O–H groups in total. The number of hydrogen-bond acceptors (Lipinski definition) is 4. The molecule has 112 valence electrons. The van der Waals surface area contributed by atoms with E-state index in [-0.39, 0.29) is 15.8 Å². The van der Waals surface area contributed by atoms with Crippen molar-refractivity contribution in [1.29, 1.82) is 0 Å². The van der Waals surface area contributed by atoms with Gasteiger partial charge in [0.05, 0.1) is 5.56 Å². The van der Waals surface area contributed by atoms with E-state index in [1.165, 1.54) is 15.8 Å². The van der Waals surface area contributed by atoms with Crippen LogP contribution in [0.5, 0.6) is 0 Å². The molecular weight excluding hydrogens is 298 g/mol. The standard InChI is InChI=1S/C13H19NO4S2/c1-14(11-6-4-2-3-5-7-11)20(17,18)12-8-10(9-19-12)13(15)16/h8-9,11H,2-7H2,1H3,(H,15,16). The molecule has 0 unspecified atom stereocenters. The third-order valence-electron chi connectivity index (χ3n) is 3.79. The minimum atomic E-state index is -3.58. The van der Waals surface area contributed by atoms with Gasteiger partial charge in [-0.25, -0.2) is 13.2 Å². The number of sulfonamides is 1. The Labute approximate surface area is 123 Å². The first-order valence-electron chi connectivity index (χ1n) is 6.73. The summed E-state index contributed by atoms with van der Waals surface area (Å²) in [5.41, 5.74) is 0.0304. The number of rotatable bonds is 4. The largest absolute Gasteiger partial charge is 0.478 e. The van der Waals surface area contributed by atoms with Gasteiger partial charge in [0.1, 0.15) is 4.21 Å². The van der Waals surface area contributed by atoms with Crippen molar-refractivity contribution >= 4 is 27.3 Å². The molecule has 0 radical (unpaired) electrons. The van der Waals surface area contributed by atoms with Crippen molar-refractivity contribution in [3.05, 3.63) is 17.0 Å². The fourth-order valence-electron chi connectivity index (χ4n) is 2.52. The van der Waals surface area contributed by atoms with Gasteiger partial charge in [0.25, 0.3) is 10.0 Å². The molecular formula is C13H19NO4S2. The van der Waals surface area contributed by atoms with Gasteiger partial charge in [-0.3, -0.25) is 0 Å². The minimum Gasteiger partial charge on any atom is -0.478 e. The topological polar surface area (TPSA) is 74.7 Å². The fourth-order valence-corrected chi connectivity index (χ4v) is 5.28. The third-order valence-corrected chi connectivity index (χ3v) is 7.12. The smallest absolute Gasteiger partial charge is 0.336 e. The normalized spacial score (nSPS) is 18.1. The summed E-state index contributed by atoms with van der Waals surface area (Å²) < 4.78 is 26.6. The van der Waals surface area contributed by atoms with Gasteiger partial charge in [0, 0.05) is 18.5 Å². The molecule has 7 heteroatoms. The van der Waals surface area contributed by atoms with Crippen LogP contribution in [0, 0.1) is 0 Å². The molecule has 1 heterocycles. The van der Waals surface area contributed by atoms with Crippen LogP contribution in [0.4, 0.5) is 0 Å². The Bertz CT molecular complexity index is 571. The highest BCUT2D eigenvalue weighted by Gasteiger charge is 2.30. The number of thiophene rings is 1. The van der Waals surface area contributed by atoms with E-state index in [0.717, 1.165) is 49.9 Å². The molecule has 1 aromatic rings. The summed E-state index contributed by atoms with van der Waals surface area (Å²) in [6.07, 6.45) is 6.18. The van der Waals surface area contributed by atoms with Gasteiger partial charge in [-0.05, 0) is 18.9 Å². The molecule has 1 aliphatic rings. The van der Waals surface area contributed by atoms with Gasteiger partial charge in [0.2, 0.25) is 0 Å². The Kier molecular flexibility index (Phi) is 4.82. The number of carboxylic acids is 1. The maximum Gasteiger partial charge on any atom is 0.336 e.